The molecule has 1 saturated heterocycles. The molecule has 0 aromatic rings. The smallest absolute Gasteiger partial charge is 0.279 e. The van der Waals surface area contributed by atoms with Gasteiger partial charge in [-0.1, -0.05) is 5.57 Å². The van der Waals surface area contributed by atoms with Crippen LogP contribution in [0.5, 0.6) is 0 Å². The lowest BCUT2D eigenvalue weighted by Gasteiger charge is -2.40. The van der Waals surface area contributed by atoms with E-state index in [0.29, 0.717) is 18.2 Å². The predicted octanol–water partition coefficient (Wildman–Crippen LogP) is -0.428. The third-order valence-electron chi connectivity index (χ3n) is 2.45. The molecule has 0 radical (unpaired) electrons. The number of hydrogen-bond donors (Lipinski definition) is 4. The fourth-order valence-corrected chi connectivity index (χ4v) is 2.37. The van der Waals surface area contributed by atoms with Crippen LogP contribution < -0.4 is 5.73 Å². The maximum absolute atomic E-state index is 10.8. The van der Waals surface area contributed by atoms with Crippen molar-refractivity contribution in [3.05, 3.63) is 12.2 Å². The number of aliphatic hydroxyl groups is 3. The SMILES string of the molecule is C=C(C)CC1OC(SC(N)=O)C(O)C(O)C1O. The highest BCUT2D eigenvalue weighted by Gasteiger charge is 2.44. The normalized spacial score (nSPS) is 37.8. The van der Waals surface area contributed by atoms with Crippen LogP contribution >= 0.6 is 11.8 Å². The van der Waals surface area contributed by atoms with Gasteiger partial charge in [0.1, 0.15) is 23.7 Å². The fraction of sp³-hybridized carbons (Fsp3) is 0.700. The van der Waals surface area contributed by atoms with Crippen molar-refractivity contribution in [2.24, 2.45) is 5.73 Å². The molecule has 0 aromatic heterocycles. The number of aliphatic hydroxyl groups excluding tert-OH is 3. The minimum absolute atomic E-state index is 0.334. The van der Waals surface area contributed by atoms with E-state index in [0.717, 1.165) is 5.57 Å². The highest BCUT2D eigenvalue weighted by Crippen LogP contribution is 2.30. The summed E-state index contributed by atoms with van der Waals surface area (Å²) < 4.78 is 5.34. The number of amides is 1. The Kier molecular flexibility index (Phi) is 4.96. The summed E-state index contributed by atoms with van der Waals surface area (Å²) in [6.45, 7) is 5.43. The van der Waals surface area contributed by atoms with Crippen LogP contribution in [0.1, 0.15) is 13.3 Å². The number of hydrogen-bond acceptors (Lipinski definition) is 6. The van der Waals surface area contributed by atoms with Gasteiger partial charge >= 0.3 is 0 Å². The third kappa shape index (κ3) is 3.68. The summed E-state index contributed by atoms with van der Waals surface area (Å²) in [6, 6.07) is 0. The van der Waals surface area contributed by atoms with Crippen molar-refractivity contribution < 1.29 is 24.9 Å². The van der Waals surface area contributed by atoms with E-state index in [4.69, 9.17) is 10.5 Å². The maximum Gasteiger partial charge on any atom is 0.279 e. The van der Waals surface area contributed by atoms with E-state index in [1.54, 1.807) is 6.92 Å². The van der Waals surface area contributed by atoms with Crippen molar-refractivity contribution in [3.8, 4) is 0 Å². The first-order chi connectivity index (χ1) is 7.82. The molecule has 0 aliphatic carbocycles. The van der Waals surface area contributed by atoms with Crippen molar-refractivity contribution in [3.63, 3.8) is 0 Å². The van der Waals surface area contributed by atoms with Gasteiger partial charge in [0, 0.05) is 0 Å². The Hall–Kier alpha value is -0.600. The largest absolute Gasteiger partial charge is 0.388 e. The molecule has 1 fully saturated rings. The second-order valence-corrected chi connectivity index (χ2v) is 5.22. The Morgan fingerprint density at radius 3 is 2.41 bits per heavy atom. The molecule has 5 unspecified atom stereocenters. The molecule has 1 aliphatic heterocycles. The highest BCUT2D eigenvalue weighted by molar-refractivity contribution is 8.13. The van der Waals surface area contributed by atoms with Crippen LogP contribution in [0, 0.1) is 0 Å². The molecule has 5 atom stereocenters. The van der Waals surface area contributed by atoms with Gasteiger partial charge in [-0.2, -0.15) is 0 Å². The van der Waals surface area contributed by atoms with Crippen molar-refractivity contribution in [1.29, 1.82) is 0 Å². The predicted molar refractivity (Wildman–Crippen MR) is 63.3 cm³/mol. The van der Waals surface area contributed by atoms with Gasteiger partial charge in [-0.15, -0.1) is 6.58 Å². The molecule has 5 N–H and O–H groups in total. The second kappa shape index (κ2) is 5.83. The van der Waals surface area contributed by atoms with Crippen LogP contribution in [0.25, 0.3) is 0 Å². The lowest BCUT2D eigenvalue weighted by molar-refractivity contribution is -0.196. The summed E-state index contributed by atoms with van der Waals surface area (Å²) in [4.78, 5) is 10.8. The summed E-state index contributed by atoms with van der Waals surface area (Å²) >= 11 is 0.586. The molecule has 0 bridgehead atoms. The van der Waals surface area contributed by atoms with Gasteiger partial charge in [0.25, 0.3) is 5.24 Å². The molecule has 0 saturated carbocycles. The molecular formula is C10H17NO5S. The summed E-state index contributed by atoms with van der Waals surface area (Å²) in [5.74, 6) is 0. The molecule has 1 amide bonds. The summed E-state index contributed by atoms with van der Waals surface area (Å²) in [5, 5.41) is 28.3. The Labute approximate surface area is 103 Å². The molecule has 0 spiro atoms. The van der Waals surface area contributed by atoms with Crippen molar-refractivity contribution in [2.45, 2.75) is 43.2 Å². The summed E-state index contributed by atoms with van der Waals surface area (Å²) in [7, 11) is 0. The van der Waals surface area contributed by atoms with Crippen LogP contribution in [0.15, 0.2) is 12.2 Å². The van der Waals surface area contributed by atoms with Crippen molar-refractivity contribution in [2.75, 3.05) is 0 Å². The number of nitrogens with two attached hydrogens (primary N) is 1. The summed E-state index contributed by atoms with van der Waals surface area (Å²) in [6.07, 6.45) is -4.32. The highest BCUT2D eigenvalue weighted by atomic mass is 32.2. The van der Waals surface area contributed by atoms with E-state index in [2.05, 4.69) is 6.58 Å². The first kappa shape index (κ1) is 14.5. The van der Waals surface area contributed by atoms with E-state index in [1.807, 2.05) is 0 Å². The lowest BCUT2D eigenvalue weighted by Crippen LogP contribution is -2.56. The Morgan fingerprint density at radius 2 is 1.94 bits per heavy atom. The second-order valence-electron chi connectivity index (χ2n) is 4.11. The molecule has 1 heterocycles. The topological polar surface area (TPSA) is 113 Å². The van der Waals surface area contributed by atoms with Crippen molar-refractivity contribution in [1.82, 2.24) is 0 Å². The van der Waals surface area contributed by atoms with E-state index < -0.39 is 35.1 Å². The number of ether oxygens (including phenoxy) is 1. The number of primary amides is 1. The average Bonchev–Trinajstić information content (AvgIpc) is 2.20. The number of carbonyl (C=O) groups is 1. The van der Waals surface area contributed by atoms with Gasteiger partial charge in [0.15, 0.2) is 0 Å². The maximum atomic E-state index is 10.8. The Balaban J connectivity index is 2.74. The van der Waals surface area contributed by atoms with Crippen LogP contribution in [0.2, 0.25) is 0 Å². The van der Waals surface area contributed by atoms with E-state index in [9.17, 15) is 20.1 Å². The Morgan fingerprint density at radius 1 is 1.35 bits per heavy atom. The van der Waals surface area contributed by atoms with Gasteiger partial charge in [-0.05, 0) is 25.1 Å². The lowest BCUT2D eigenvalue weighted by atomic mass is 9.96. The van der Waals surface area contributed by atoms with Gasteiger partial charge in [-0.3, -0.25) is 4.79 Å². The van der Waals surface area contributed by atoms with Gasteiger partial charge in [0.2, 0.25) is 0 Å². The van der Waals surface area contributed by atoms with E-state index >= 15 is 0 Å². The quantitative estimate of drug-likeness (QED) is 0.514. The van der Waals surface area contributed by atoms with Crippen LogP contribution in [0.3, 0.4) is 0 Å². The van der Waals surface area contributed by atoms with Crippen LogP contribution in [-0.4, -0.2) is 50.4 Å². The average molecular weight is 263 g/mol. The number of carbonyl (C=O) groups excluding carboxylic acids is 1. The molecule has 98 valence electrons. The molecule has 17 heavy (non-hydrogen) atoms. The van der Waals surface area contributed by atoms with E-state index in [-0.39, 0.29) is 0 Å². The van der Waals surface area contributed by atoms with Crippen LogP contribution in [0.4, 0.5) is 4.79 Å². The zero-order valence-electron chi connectivity index (χ0n) is 9.44. The summed E-state index contributed by atoms with van der Waals surface area (Å²) in [5.41, 5.74) is 4.77. The monoisotopic (exact) mass is 263 g/mol. The molecular weight excluding hydrogens is 246 g/mol. The zero-order chi connectivity index (χ0) is 13.2. The third-order valence-corrected chi connectivity index (χ3v) is 3.31. The molecule has 0 aromatic carbocycles. The first-order valence-corrected chi connectivity index (χ1v) is 6.01. The first-order valence-electron chi connectivity index (χ1n) is 5.13. The minimum atomic E-state index is -1.37. The molecule has 1 rings (SSSR count). The Bertz CT molecular complexity index is 283. The van der Waals surface area contributed by atoms with Gasteiger partial charge in [0.05, 0.1) is 6.10 Å². The zero-order valence-corrected chi connectivity index (χ0v) is 10.3. The standard InChI is InChI=1S/C10H17NO5S/c1-4(2)3-5-6(12)7(13)8(14)9(16-5)17-10(11)15/h5-9,12-14H,1,3H2,2H3,(H2,11,15). The van der Waals surface area contributed by atoms with Crippen LogP contribution in [-0.2, 0) is 4.74 Å². The number of rotatable bonds is 3. The molecule has 1 aliphatic rings. The van der Waals surface area contributed by atoms with Gasteiger partial charge in [-0.25, -0.2) is 0 Å². The van der Waals surface area contributed by atoms with Crippen molar-refractivity contribution >= 4 is 17.0 Å². The molecule has 7 heteroatoms. The van der Waals surface area contributed by atoms with Gasteiger partial charge < -0.3 is 25.8 Å². The molecule has 6 nitrogen and oxygen atoms in total. The minimum Gasteiger partial charge on any atom is -0.388 e. The number of thioether (sulfide) groups is 1. The fourth-order valence-electron chi connectivity index (χ4n) is 1.64. The van der Waals surface area contributed by atoms with E-state index in [1.165, 1.54) is 0 Å².